The van der Waals surface area contributed by atoms with Crippen molar-refractivity contribution in [1.82, 2.24) is 4.90 Å². The summed E-state index contributed by atoms with van der Waals surface area (Å²) in [4.78, 5) is 2.10. The molecule has 3 nitrogen and oxygen atoms in total. The first-order valence-corrected chi connectivity index (χ1v) is 6.56. The molecule has 0 aliphatic carbocycles. The van der Waals surface area contributed by atoms with Crippen molar-refractivity contribution in [1.29, 1.82) is 0 Å². The number of hydrogen-bond donors (Lipinski definition) is 1. The third kappa shape index (κ3) is 3.96. The van der Waals surface area contributed by atoms with Gasteiger partial charge in [0.2, 0.25) is 0 Å². The van der Waals surface area contributed by atoms with Gasteiger partial charge in [0.05, 0.1) is 0 Å². The number of alkyl halides is 1. The lowest BCUT2D eigenvalue weighted by Gasteiger charge is -2.15. The summed E-state index contributed by atoms with van der Waals surface area (Å²) in [5.74, 6) is 0.867. The van der Waals surface area contributed by atoms with E-state index < -0.39 is 6.17 Å². The van der Waals surface area contributed by atoms with E-state index in [1.807, 2.05) is 24.3 Å². The summed E-state index contributed by atoms with van der Waals surface area (Å²) in [5.41, 5.74) is 6.72. The van der Waals surface area contributed by atoms with Crippen LogP contribution in [0.25, 0.3) is 0 Å². The van der Waals surface area contributed by atoms with Gasteiger partial charge in [0, 0.05) is 19.6 Å². The molecule has 100 valence electrons. The molecule has 1 aromatic carbocycles. The van der Waals surface area contributed by atoms with Crippen LogP contribution < -0.4 is 10.5 Å². The van der Waals surface area contributed by atoms with Crippen molar-refractivity contribution in [3.05, 3.63) is 29.8 Å². The van der Waals surface area contributed by atoms with E-state index in [-0.39, 0.29) is 0 Å². The summed E-state index contributed by atoms with van der Waals surface area (Å²) >= 11 is 0. The van der Waals surface area contributed by atoms with Crippen molar-refractivity contribution in [2.45, 2.75) is 19.0 Å². The van der Waals surface area contributed by atoms with E-state index in [0.717, 1.165) is 25.3 Å². The summed E-state index contributed by atoms with van der Waals surface area (Å²) in [7, 11) is 0. The van der Waals surface area contributed by atoms with Crippen LogP contribution in [0.1, 0.15) is 12.0 Å². The molecule has 0 aromatic heterocycles. The lowest BCUT2D eigenvalue weighted by molar-refractivity contribution is 0.224. The minimum atomic E-state index is -0.652. The monoisotopic (exact) mass is 252 g/mol. The maximum absolute atomic E-state index is 12.9. The first-order chi connectivity index (χ1) is 8.78. The Morgan fingerprint density at radius 3 is 2.72 bits per heavy atom. The second kappa shape index (κ2) is 6.71. The van der Waals surface area contributed by atoms with Gasteiger partial charge in [-0.1, -0.05) is 12.1 Å². The van der Waals surface area contributed by atoms with Crippen LogP contribution in [0.15, 0.2) is 24.3 Å². The van der Waals surface area contributed by atoms with Crippen molar-refractivity contribution < 1.29 is 9.13 Å². The summed E-state index contributed by atoms with van der Waals surface area (Å²) in [6.07, 6.45) is 0.903. The van der Waals surface area contributed by atoms with Crippen LogP contribution in [0.3, 0.4) is 0 Å². The highest BCUT2D eigenvalue weighted by atomic mass is 19.1. The van der Waals surface area contributed by atoms with Crippen LogP contribution in [0.2, 0.25) is 0 Å². The third-order valence-electron chi connectivity index (χ3n) is 3.25. The summed E-state index contributed by atoms with van der Waals surface area (Å²) < 4.78 is 18.6. The highest BCUT2D eigenvalue weighted by molar-refractivity contribution is 5.27. The molecule has 0 radical (unpaired) electrons. The van der Waals surface area contributed by atoms with Gasteiger partial charge in [-0.3, -0.25) is 4.90 Å². The van der Waals surface area contributed by atoms with Crippen molar-refractivity contribution in [3.8, 4) is 5.75 Å². The zero-order valence-corrected chi connectivity index (χ0v) is 10.6. The summed E-state index contributed by atoms with van der Waals surface area (Å²) in [5, 5.41) is 0. The van der Waals surface area contributed by atoms with E-state index in [2.05, 4.69) is 4.90 Å². The molecule has 4 heteroatoms. The molecule has 0 bridgehead atoms. The highest BCUT2D eigenvalue weighted by Crippen LogP contribution is 2.14. The number of halogens is 1. The number of nitrogens with zero attached hydrogens (tertiary/aromatic N) is 1. The van der Waals surface area contributed by atoms with Crippen molar-refractivity contribution >= 4 is 0 Å². The van der Waals surface area contributed by atoms with Gasteiger partial charge in [-0.2, -0.15) is 0 Å². The molecule has 0 unspecified atom stereocenters. The normalized spacial score (nSPS) is 20.2. The number of likely N-dealkylation sites (tertiary alicyclic amines) is 1. The van der Waals surface area contributed by atoms with Crippen LogP contribution in [-0.4, -0.2) is 43.9 Å². The average molecular weight is 252 g/mol. The highest BCUT2D eigenvalue weighted by Gasteiger charge is 2.20. The Balaban J connectivity index is 1.69. The van der Waals surface area contributed by atoms with Gasteiger partial charge in [0.25, 0.3) is 0 Å². The predicted molar refractivity (Wildman–Crippen MR) is 70.6 cm³/mol. The van der Waals surface area contributed by atoms with E-state index in [4.69, 9.17) is 10.5 Å². The van der Waals surface area contributed by atoms with Crippen molar-refractivity contribution in [3.63, 3.8) is 0 Å². The van der Waals surface area contributed by atoms with Gasteiger partial charge >= 0.3 is 0 Å². The summed E-state index contributed by atoms with van der Waals surface area (Å²) in [6.45, 7) is 3.48. The molecule has 1 fully saturated rings. The van der Waals surface area contributed by atoms with Gasteiger partial charge in [0.15, 0.2) is 0 Å². The van der Waals surface area contributed by atoms with Crippen LogP contribution in [-0.2, 0) is 6.42 Å². The molecule has 1 atom stereocenters. The lowest BCUT2D eigenvalue weighted by Crippen LogP contribution is -2.26. The largest absolute Gasteiger partial charge is 0.492 e. The Bertz CT molecular complexity index is 355. The Kier molecular flexibility index (Phi) is 4.96. The average Bonchev–Trinajstić information content (AvgIpc) is 2.78. The van der Waals surface area contributed by atoms with Gasteiger partial charge in [-0.05, 0) is 37.1 Å². The summed E-state index contributed by atoms with van der Waals surface area (Å²) in [6, 6.07) is 8.01. The van der Waals surface area contributed by atoms with E-state index in [0.29, 0.717) is 26.1 Å². The lowest BCUT2D eigenvalue weighted by atomic mass is 10.1. The third-order valence-corrected chi connectivity index (χ3v) is 3.25. The second-order valence-corrected chi connectivity index (χ2v) is 4.72. The zero-order valence-electron chi connectivity index (χ0n) is 10.6. The quantitative estimate of drug-likeness (QED) is 0.836. The van der Waals surface area contributed by atoms with E-state index in [1.54, 1.807) is 0 Å². The first kappa shape index (κ1) is 13.3. The van der Waals surface area contributed by atoms with Crippen molar-refractivity contribution in [2.24, 2.45) is 5.73 Å². The van der Waals surface area contributed by atoms with Gasteiger partial charge < -0.3 is 10.5 Å². The van der Waals surface area contributed by atoms with Crippen LogP contribution >= 0.6 is 0 Å². The fraction of sp³-hybridized carbons (Fsp3) is 0.571. The molecule has 0 amide bonds. The Morgan fingerprint density at radius 2 is 2.11 bits per heavy atom. The van der Waals surface area contributed by atoms with Crippen LogP contribution in [0.5, 0.6) is 5.75 Å². The van der Waals surface area contributed by atoms with E-state index >= 15 is 0 Å². The SMILES string of the molecule is NCCc1ccc(OCCN2CC[C@H](F)C2)cc1. The molecule has 1 aliphatic heterocycles. The molecular weight excluding hydrogens is 231 g/mol. The Labute approximate surface area is 108 Å². The number of hydrogen-bond acceptors (Lipinski definition) is 3. The van der Waals surface area contributed by atoms with E-state index in [1.165, 1.54) is 5.56 Å². The topological polar surface area (TPSA) is 38.5 Å². The number of rotatable bonds is 6. The molecule has 0 spiro atoms. The number of benzene rings is 1. The first-order valence-electron chi connectivity index (χ1n) is 6.56. The minimum absolute atomic E-state index is 0.554. The minimum Gasteiger partial charge on any atom is -0.492 e. The molecule has 18 heavy (non-hydrogen) atoms. The van der Waals surface area contributed by atoms with Crippen LogP contribution in [0.4, 0.5) is 4.39 Å². The fourth-order valence-electron chi connectivity index (χ4n) is 2.20. The molecule has 1 heterocycles. The van der Waals surface area contributed by atoms with Gasteiger partial charge in [0.1, 0.15) is 18.5 Å². The molecule has 2 N–H and O–H groups in total. The molecule has 1 aliphatic rings. The maximum atomic E-state index is 12.9. The maximum Gasteiger partial charge on any atom is 0.119 e. The number of nitrogens with two attached hydrogens (primary N) is 1. The van der Waals surface area contributed by atoms with Gasteiger partial charge in [-0.15, -0.1) is 0 Å². The Morgan fingerprint density at radius 1 is 1.33 bits per heavy atom. The molecule has 2 rings (SSSR count). The number of ether oxygens (including phenoxy) is 1. The molecule has 1 saturated heterocycles. The fourth-order valence-corrected chi connectivity index (χ4v) is 2.20. The standard InChI is InChI=1S/C14H21FN2O/c15-13-6-8-17(11-13)9-10-18-14-3-1-12(2-4-14)5-7-16/h1-4,13H,5-11,16H2/t13-/m0/s1. The van der Waals surface area contributed by atoms with E-state index in [9.17, 15) is 4.39 Å². The smallest absolute Gasteiger partial charge is 0.119 e. The molecular formula is C14H21FN2O. The van der Waals surface area contributed by atoms with Gasteiger partial charge in [-0.25, -0.2) is 4.39 Å². The Hall–Kier alpha value is -1.13. The molecule has 1 aromatic rings. The van der Waals surface area contributed by atoms with Crippen molar-refractivity contribution in [2.75, 3.05) is 32.8 Å². The second-order valence-electron chi connectivity index (χ2n) is 4.72. The zero-order chi connectivity index (χ0) is 12.8. The predicted octanol–water partition coefficient (Wildman–Crippen LogP) is 1.61. The van der Waals surface area contributed by atoms with Crippen LogP contribution in [0, 0.1) is 0 Å². The molecule has 0 saturated carbocycles.